The molecule has 6 heteroatoms. The molecular weight excluding hydrogens is 227 g/mol. The van der Waals surface area contributed by atoms with Gasteiger partial charge in [0, 0.05) is 32.2 Å². The first-order chi connectivity index (χ1) is 5.68. The molecule has 14 heavy (non-hydrogen) atoms. The number of halogens is 2. The van der Waals surface area contributed by atoms with Gasteiger partial charge in [-0.1, -0.05) is 0 Å². The number of piperazine rings is 1. The number of hydrogen-bond acceptors (Lipinski definition) is 3. The molecule has 0 aromatic heterocycles. The summed E-state index contributed by atoms with van der Waals surface area (Å²) in [5.74, 6) is -0.707. The smallest absolute Gasteiger partial charge is 0.304 e. The fourth-order valence-electron chi connectivity index (χ4n) is 1.47. The van der Waals surface area contributed by atoms with Crippen molar-refractivity contribution in [1.82, 2.24) is 10.2 Å². The van der Waals surface area contributed by atoms with Crippen molar-refractivity contribution in [3.63, 3.8) is 0 Å². The van der Waals surface area contributed by atoms with E-state index in [-0.39, 0.29) is 31.2 Å². The molecule has 0 aromatic rings. The van der Waals surface area contributed by atoms with Crippen molar-refractivity contribution < 1.29 is 9.90 Å². The standard InChI is InChI=1S/C8H16N2O2.2ClH/c1-7-6-10(5-3-9-7)4-2-8(11)12;;/h7,9H,2-6H2,1H3,(H,11,12);2*1H/t7-;;/m1../s1. The van der Waals surface area contributed by atoms with Gasteiger partial charge in [-0.2, -0.15) is 0 Å². The Morgan fingerprint density at radius 1 is 1.57 bits per heavy atom. The molecule has 1 rings (SSSR count). The maximum Gasteiger partial charge on any atom is 0.304 e. The Morgan fingerprint density at radius 3 is 2.71 bits per heavy atom. The van der Waals surface area contributed by atoms with Gasteiger partial charge in [-0.15, -0.1) is 24.8 Å². The third-order valence-corrected chi connectivity index (χ3v) is 2.09. The Kier molecular flexibility index (Phi) is 9.72. The molecular formula is C8H18Cl2N2O2. The van der Waals surface area contributed by atoms with Crippen molar-refractivity contribution in [2.24, 2.45) is 0 Å². The number of carbonyl (C=O) groups is 1. The van der Waals surface area contributed by atoms with Crippen molar-refractivity contribution in [1.29, 1.82) is 0 Å². The van der Waals surface area contributed by atoms with Gasteiger partial charge in [0.05, 0.1) is 6.42 Å². The number of nitrogens with one attached hydrogen (secondary N) is 1. The summed E-state index contributed by atoms with van der Waals surface area (Å²) in [6.07, 6.45) is 0.257. The number of aliphatic carboxylic acids is 1. The highest BCUT2D eigenvalue weighted by atomic mass is 35.5. The molecule has 0 aromatic carbocycles. The van der Waals surface area contributed by atoms with Crippen LogP contribution in [0, 0.1) is 0 Å². The second-order valence-corrected chi connectivity index (χ2v) is 3.30. The fourth-order valence-corrected chi connectivity index (χ4v) is 1.47. The van der Waals surface area contributed by atoms with Crippen LogP contribution in [0.3, 0.4) is 0 Å². The molecule has 2 N–H and O–H groups in total. The van der Waals surface area contributed by atoms with Gasteiger partial charge in [-0.05, 0) is 6.92 Å². The molecule has 0 saturated carbocycles. The average molecular weight is 245 g/mol. The van der Waals surface area contributed by atoms with Gasteiger partial charge in [-0.3, -0.25) is 9.69 Å². The second-order valence-electron chi connectivity index (χ2n) is 3.30. The molecule has 0 aliphatic carbocycles. The van der Waals surface area contributed by atoms with Crippen molar-refractivity contribution in [2.75, 3.05) is 26.2 Å². The molecule has 1 saturated heterocycles. The van der Waals surface area contributed by atoms with Gasteiger partial charge in [0.25, 0.3) is 0 Å². The molecule has 1 heterocycles. The molecule has 0 bridgehead atoms. The Hall–Kier alpha value is -0.0300. The maximum atomic E-state index is 10.3. The zero-order valence-electron chi connectivity index (χ0n) is 8.23. The van der Waals surface area contributed by atoms with Gasteiger partial charge in [-0.25, -0.2) is 0 Å². The van der Waals surface area contributed by atoms with Gasteiger partial charge in [0.2, 0.25) is 0 Å². The summed E-state index contributed by atoms with van der Waals surface area (Å²) in [5.41, 5.74) is 0. The summed E-state index contributed by atoms with van der Waals surface area (Å²) in [6.45, 7) is 5.71. The summed E-state index contributed by atoms with van der Waals surface area (Å²) in [6, 6.07) is 0.493. The normalized spacial score (nSPS) is 21.9. The minimum absolute atomic E-state index is 0. The molecule has 0 radical (unpaired) electrons. The van der Waals surface area contributed by atoms with Crippen molar-refractivity contribution in [3.8, 4) is 0 Å². The van der Waals surface area contributed by atoms with Gasteiger partial charge < -0.3 is 10.4 Å². The monoisotopic (exact) mass is 244 g/mol. The van der Waals surface area contributed by atoms with Crippen LogP contribution in [0.15, 0.2) is 0 Å². The van der Waals surface area contributed by atoms with Crippen LogP contribution in [0.5, 0.6) is 0 Å². The van der Waals surface area contributed by atoms with Crippen LogP contribution >= 0.6 is 24.8 Å². The minimum Gasteiger partial charge on any atom is -0.481 e. The minimum atomic E-state index is -0.707. The Balaban J connectivity index is 0. The molecule has 0 unspecified atom stereocenters. The van der Waals surface area contributed by atoms with E-state index in [1.54, 1.807) is 0 Å². The van der Waals surface area contributed by atoms with Gasteiger partial charge in [0.1, 0.15) is 0 Å². The molecule has 86 valence electrons. The first kappa shape index (κ1) is 16.4. The van der Waals surface area contributed by atoms with Gasteiger partial charge >= 0.3 is 5.97 Å². The largest absolute Gasteiger partial charge is 0.481 e. The second kappa shape index (κ2) is 8.29. The zero-order chi connectivity index (χ0) is 8.97. The quantitative estimate of drug-likeness (QED) is 0.764. The highest BCUT2D eigenvalue weighted by molar-refractivity contribution is 5.85. The Labute approximate surface area is 96.9 Å². The van der Waals surface area contributed by atoms with Gasteiger partial charge in [0.15, 0.2) is 0 Å². The molecule has 1 aliphatic heterocycles. The summed E-state index contributed by atoms with van der Waals surface area (Å²) in [5, 5.41) is 11.8. The van der Waals surface area contributed by atoms with Crippen LogP contribution in [0.25, 0.3) is 0 Å². The summed E-state index contributed by atoms with van der Waals surface area (Å²) >= 11 is 0. The van der Waals surface area contributed by atoms with E-state index in [0.29, 0.717) is 12.6 Å². The lowest BCUT2D eigenvalue weighted by atomic mass is 10.2. The van der Waals surface area contributed by atoms with Crippen molar-refractivity contribution in [2.45, 2.75) is 19.4 Å². The van der Waals surface area contributed by atoms with Crippen LogP contribution in [-0.2, 0) is 4.79 Å². The van der Waals surface area contributed by atoms with Crippen molar-refractivity contribution >= 4 is 30.8 Å². The topological polar surface area (TPSA) is 52.6 Å². The first-order valence-corrected chi connectivity index (χ1v) is 4.36. The van der Waals surface area contributed by atoms with E-state index in [2.05, 4.69) is 17.1 Å². The van der Waals surface area contributed by atoms with Crippen LogP contribution in [-0.4, -0.2) is 48.2 Å². The third-order valence-electron chi connectivity index (χ3n) is 2.09. The third kappa shape index (κ3) is 6.43. The lowest BCUT2D eigenvalue weighted by Crippen LogP contribution is -2.49. The van der Waals surface area contributed by atoms with E-state index >= 15 is 0 Å². The average Bonchev–Trinajstić information content (AvgIpc) is 2.01. The van der Waals surface area contributed by atoms with E-state index in [1.807, 2.05) is 0 Å². The lowest BCUT2D eigenvalue weighted by molar-refractivity contribution is -0.137. The van der Waals surface area contributed by atoms with Crippen LogP contribution < -0.4 is 5.32 Å². The highest BCUT2D eigenvalue weighted by Gasteiger charge is 2.15. The summed E-state index contributed by atoms with van der Waals surface area (Å²) in [7, 11) is 0. The van der Waals surface area contributed by atoms with E-state index in [0.717, 1.165) is 19.6 Å². The Morgan fingerprint density at radius 2 is 2.21 bits per heavy atom. The summed E-state index contributed by atoms with van der Waals surface area (Å²) < 4.78 is 0. The number of carboxylic acid groups (broad SMARTS) is 1. The zero-order valence-corrected chi connectivity index (χ0v) is 9.87. The molecule has 4 nitrogen and oxygen atoms in total. The molecule has 1 aliphatic rings. The number of rotatable bonds is 3. The summed E-state index contributed by atoms with van der Waals surface area (Å²) in [4.78, 5) is 12.5. The van der Waals surface area contributed by atoms with E-state index in [1.165, 1.54) is 0 Å². The molecule has 1 fully saturated rings. The van der Waals surface area contributed by atoms with E-state index in [9.17, 15) is 4.79 Å². The molecule has 0 spiro atoms. The predicted molar refractivity (Wildman–Crippen MR) is 60.7 cm³/mol. The Bertz CT molecular complexity index is 169. The number of nitrogens with zero attached hydrogens (tertiary/aromatic N) is 1. The molecule has 1 atom stereocenters. The molecule has 0 amide bonds. The maximum absolute atomic E-state index is 10.3. The highest BCUT2D eigenvalue weighted by Crippen LogP contribution is 1.99. The van der Waals surface area contributed by atoms with E-state index < -0.39 is 5.97 Å². The number of carboxylic acids is 1. The lowest BCUT2D eigenvalue weighted by Gasteiger charge is -2.31. The van der Waals surface area contributed by atoms with E-state index in [4.69, 9.17) is 5.11 Å². The van der Waals surface area contributed by atoms with Crippen LogP contribution in [0.2, 0.25) is 0 Å². The predicted octanol–water partition coefficient (Wildman–Crippen LogP) is 0.598. The fraction of sp³-hybridized carbons (Fsp3) is 0.875. The SMILES string of the molecule is C[C@@H]1CN(CCC(=O)O)CCN1.Cl.Cl. The first-order valence-electron chi connectivity index (χ1n) is 4.36. The number of hydrogen-bond donors (Lipinski definition) is 2. The van der Waals surface area contributed by atoms with Crippen molar-refractivity contribution in [3.05, 3.63) is 0 Å². The van der Waals surface area contributed by atoms with Crippen LogP contribution in [0.1, 0.15) is 13.3 Å². The van der Waals surface area contributed by atoms with Crippen LogP contribution in [0.4, 0.5) is 0 Å².